The molecule has 236 valence electrons. The van der Waals surface area contributed by atoms with E-state index in [4.69, 9.17) is 18.9 Å². The SMILES string of the molecule is COc1ccc(CCNC(=O)C(=O)Nc2ccc(Oc3ccnc4cc(OCC5CCNCC5)c(OC)cc34)c(F)c2)cc1Br. The van der Waals surface area contributed by atoms with Crippen molar-refractivity contribution in [1.82, 2.24) is 15.6 Å². The van der Waals surface area contributed by atoms with Gasteiger partial charge in [-0.05, 0) is 96.2 Å². The molecule has 1 saturated heterocycles. The highest BCUT2D eigenvalue weighted by Crippen LogP contribution is 2.38. The minimum Gasteiger partial charge on any atom is -0.496 e. The Hall–Kier alpha value is -4.42. The molecule has 3 aromatic carbocycles. The van der Waals surface area contributed by atoms with Gasteiger partial charge >= 0.3 is 11.8 Å². The van der Waals surface area contributed by atoms with Crippen LogP contribution in [0.1, 0.15) is 18.4 Å². The second-order valence-corrected chi connectivity index (χ2v) is 11.4. The van der Waals surface area contributed by atoms with E-state index in [0.717, 1.165) is 42.0 Å². The molecule has 2 amide bonds. The average molecular weight is 682 g/mol. The number of pyridine rings is 1. The van der Waals surface area contributed by atoms with Gasteiger partial charge < -0.3 is 34.9 Å². The number of aromatic nitrogens is 1. The van der Waals surface area contributed by atoms with Gasteiger partial charge in [0.25, 0.3) is 0 Å². The highest BCUT2D eigenvalue weighted by atomic mass is 79.9. The van der Waals surface area contributed by atoms with Crippen molar-refractivity contribution in [3.8, 4) is 28.7 Å². The van der Waals surface area contributed by atoms with Crippen molar-refractivity contribution in [2.45, 2.75) is 19.3 Å². The number of amides is 2. The molecule has 2 heterocycles. The molecule has 45 heavy (non-hydrogen) atoms. The van der Waals surface area contributed by atoms with Crippen LogP contribution >= 0.6 is 15.9 Å². The number of piperidine rings is 1. The molecule has 1 aliphatic rings. The van der Waals surface area contributed by atoms with E-state index in [-0.39, 0.29) is 18.0 Å². The van der Waals surface area contributed by atoms with Gasteiger partial charge in [0, 0.05) is 35.9 Å². The molecular weight excluding hydrogens is 647 g/mol. The fraction of sp³-hybridized carbons (Fsp3) is 0.303. The number of carbonyl (C=O) groups is 2. The number of hydrogen-bond acceptors (Lipinski definition) is 8. The molecule has 1 fully saturated rings. The number of halogens is 2. The van der Waals surface area contributed by atoms with E-state index >= 15 is 4.39 Å². The lowest BCUT2D eigenvalue weighted by molar-refractivity contribution is -0.136. The van der Waals surface area contributed by atoms with Crippen LogP contribution in [-0.2, 0) is 16.0 Å². The van der Waals surface area contributed by atoms with Crippen molar-refractivity contribution in [2.24, 2.45) is 5.92 Å². The molecule has 0 aliphatic carbocycles. The first-order valence-electron chi connectivity index (χ1n) is 14.5. The molecule has 5 rings (SSSR count). The van der Waals surface area contributed by atoms with Crippen LogP contribution in [0.5, 0.6) is 28.7 Å². The van der Waals surface area contributed by atoms with Crippen LogP contribution in [-0.4, -0.2) is 57.3 Å². The van der Waals surface area contributed by atoms with E-state index in [2.05, 4.69) is 36.9 Å². The molecule has 0 atom stereocenters. The lowest BCUT2D eigenvalue weighted by Gasteiger charge is -2.23. The van der Waals surface area contributed by atoms with Crippen LogP contribution in [0.4, 0.5) is 10.1 Å². The Kier molecular flexibility index (Phi) is 10.7. The second kappa shape index (κ2) is 15.0. The van der Waals surface area contributed by atoms with Gasteiger partial charge in [-0.2, -0.15) is 0 Å². The summed E-state index contributed by atoms with van der Waals surface area (Å²) >= 11 is 3.42. The Morgan fingerprint density at radius 3 is 2.44 bits per heavy atom. The Morgan fingerprint density at radius 1 is 0.933 bits per heavy atom. The number of benzene rings is 3. The predicted octanol–water partition coefficient (Wildman–Crippen LogP) is 5.62. The Bertz CT molecular complexity index is 1680. The zero-order valence-electron chi connectivity index (χ0n) is 25.0. The van der Waals surface area contributed by atoms with Gasteiger partial charge in [0.15, 0.2) is 23.1 Å². The van der Waals surface area contributed by atoms with E-state index < -0.39 is 17.6 Å². The van der Waals surface area contributed by atoms with E-state index in [1.807, 2.05) is 18.2 Å². The first-order valence-corrected chi connectivity index (χ1v) is 15.3. The number of hydrogen-bond donors (Lipinski definition) is 3. The van der Waals surface area contributed by atoms with Crippen molar-refractivity contribution in [2.75, 3.05) is 45.8 Å². The normalized spacial score (nSPS) is 13.2. The predicted molar refractivity (Wildman–Crippen MR) is 172 cm³/mol. The molecule has 0 radical (unpaired) electrons. The zero-order chi connectivity index (χ0) is 31.8. The van der Waals surface area contributed by atoms with Gasteiger partial charge in [0.05, 0.1) is 30.8 Å². The lowest BCUT2D eigenvalue weighted by atomic mass is 9.99. The second-order valence-electron chi connectivity index (χ2n) is 10.5. The fourth-order valence-electron chi connectivity index (χ4n) is 4.98. The number of anilines is 1. The van der Waals surface area contributed by atoms with Gasteiger partial charge in [-0.15, -0.1) is 0 Å². The average Bonchev–Trinajstić information content (AvgIpc) is 3.05. The van der Waals surface area contributed by atoms with E-state index in [1.165, 1.54) is 12.1 Å². The Morgan fingerprint density at radius 2 is 1.71 bits per heavy atom. The van der Waals surface area contributed by atoms with E-state index in [1.54, 1.807) is 38.6 Å². The maximum absolute atomic E-state index is 15.1. The van der Waals surface area contributed by atoms with E-state index in [0.29, 0.717) is 52.8 Å². The smallest absolute Gasteiger partial charge is 0.313 e. The third-order valence-electron chi connectivity index (χ3n) is 7.45. The summed E-state index contributed by atoms with van der Waals surface area (Å²) in [6.45, 7) is 2.78. The third kappa shape index (κ3) is 8.20. The minimum absolute atomic E-state index is 0.0687. The molecule has 0 saturated carbocycles. The first kappa shape index (κ1) is 32.0. The number of methoxy groups -OCH3 is 2. The standard InChI is InChI=1S/C33H34BrFN4O6/c1-42-28-5-3-20(15-24(28)34)9-13-38-32(40)33(41)39-22-4-6-29(25(35)16-22)45-27-10-14-37-26-18-31(30(43-2)17-23(26)27)44-19-21-7-11-36-12-8-21/h3-6,10,14-18,21,36H,7-9,11-13,19H2,1-2H3,(H,38,40)(H,39,41). The summed E-state index contributed by atoms with van der Waals surface area (Å²) in [6.07, 6.45) is 4.18. The van der Waals surface area contributed by atoms with Crippen molar-refractivity contribution in [1.29, 1.82) is 0 Å². The van der Waals surface area contributed by atoms with Crippen molar-refractivity contribution >= 4 is 44.3 Å². The largest absolute Gasteiger partial charge is 0.496 e. The molecule has 0 spiro atoms. The number of nitrogens with one attached hydrogen (secondary N) is 3. The summed E-state index contributed by atoms with van der Waals surface area (Å²) in [5.74, 6) is 0.0826. The summed E-state index contributed by atoms with van der Waals surface area (Å²) in [5.41, 5.74) is 1.65. The number of carbonyl (C=O) groups excluding carboxylic acids is 2. The molecule has 1 aliphatic heterocycles. The maximum atomic E-state index is 15.1. The quantitative estimate of drug-likeness (QED) is 0.175. The van der Waals surface area contributed by atoms with Crippen LogP contribution in [0.25, 0.3) is 10.9 Å². The number of ether oxygens (including phenoxy) is 4. The van der Waals surface area contributed by atoms with Crippen LogP contribution in [0.3, 0.4) is 0 Å². The number of nitrogens with zero attached hydrogens (tertiary/aromatic N) is 1. The zero-order valence-corrected chi connectivity index (χ0v) is 26.5. The molecule has 0 bridgehead atoms. The number of fused-ring (bicyclic) bond motifs is 1. The van der Waals surface area contributed by atoms with Crippen LogP contribution < -0.4 is 34.9 Å². The summed E-state index contributed by atoms with van der Waals surface area (Å²) in [4.78, 5) is 29.2. The van der Waals surface area contributed by atoms with E-state index in [9.17, 15) is 9.59 Å². The minimum atomic E-state index is -0.913. The van der Waals surface area contributed by atoms with Crippen molar-refractivity contribution < 1.29 is 32.9 Å². The molecule has 1 aromatic heterocycles. The molecule has 12 heteroatoms. The summed E-state index contributed by atoms with van der Waals surface area (Å²) in [5, 5.41) is 8.95. The fourth-order valence-corrected chi connectivity index (χ4v) is 5.57. The van der Waals surface area contributed by atoms with Crippen LogP contribution in [0, 0.1) is 11.7 Å². The Labute approximate surface area is 268 Å². The highest BCUT2D eigenvalue weighted by Gasteiger charge is 2.18. The molecular formula is C33H34BrFN4O6. The van der Waals surface area contributed by atoms with Gasteiger partial charge in [0.2, 0.25) is 0 Å². The lowest BCUT2D eigenvalue weighted by Crippen LogP contribution is -2.36. The number of rotatable bonds is 11. The maximum Gasteiger partial charge on any atom is 0.313 e. The van der Waals surface area contributed by atoms with Crippen molar-refractivity contribution in [3.63, 3.8) is 0 Å². The van der Waals surface area contributed by atoms with Crippen LogP contribution in [0.2, 0.25) is 0 Å². The third-order valence-corrected chi connectivity index (χ3v) is 8.07. The van der Waals surface area contributed by atoms with Gasteiger partial charge in [-0.3, -0.25) is 14.6 Å². The van der Waals surface area contributed by atoms with Gasteiger partial charge in [-0.1, -0.05) is 6.07 Å². The summed E-state index contributed by atoms with van der Waals surface area (Å²) in [6, 6.07) is 14.7. The van der Waals surface area contributed by atoms with Crippen LogP contribution in [0.15, 0.2) is 65.3 Å². The Balaban J connectivity index is 1.20. The highest BCUT2D eigenvalue weighted by molar-refractivity contribution is 9.10. The molecule has 0 unspecified atom stereocenters. The molecule has 10 nitrogen and oxygen atoms in total. The summed E-state index contributed by atoms with van der Waals surface area (Å²) in [7, 11) is 3.13. The molecule has 3 N–H and O–H groups in total. The van der Waals surface area contributed by atoms with Gasteiger partial charge in [-0.25, -0.2) is 4.39 Å². The topological polar surface area (TPSA) is 120 Å². The summed E-state index contributed by atoms with van der Waals surface area (Å²) < 4.78 is 38.7. The van der Waals surface area contributed by atoms with Gasteiger partial charge in [0.1, 0.15) is 11.5 Å². The molecule has 4 aromatic rings. The monoisotopic (exact) mass is 680 g/mol. The van der Waals surface area contributed by atoms with Crippen molar-refractivity contribution in [3.05, 3.63) is 76.6 Å². The first-order chi connectivity index (χ1) is 21.8.